The molecule has 1 fully saturated rings. The molecule has 28 heavy (non-hydrogen) atoms. The molecule has 0 atom stereocenters. The molecule has 0 amide bonds. The van der Waals surface area contributed by atoms with Gasteiger partial charge in [-0.2, -0.15) is 4.31 Å². The Hall–Kier alpha value is -2.12. The number of anilines is 1. The second kappa shape index (κ2) is 8.09. The standard InChI is InChI=1S/C21H27FN2O3S/c1-15(2)17-14-21(16(3)13-20(17)27-4)28(25,26)24-11-9-23(10-12-24)19-8-6-5-7-18(19)22/h5-8,13-15H,9-12H2,1-4H3. The number of sulfonamides is 1. The number of hydrogen-bond donors (Lipinski definition) is 0. The number of halogens is 1. The number of rotatable bonds is 5. The van der Waals surface area contributed by atoms with Crippen LogP contribution in [-0.4, -0.2) is 46.0 Å². The van der Waals surface area contributed by atoms with Gasteiger partial charge in [-0.3, -0.25) is 0 Å². The summed E-state index contributed by atoms with van der Waals surface area (Å²) in [6.45, 7) is 7.35. The van der Waals surface area contributed by atoms with Crippen molar-refractivity contribution in [3.05, 3.63) is 53.3 Å². The molecule has 0 aromatic heterocycles. The third-order valence-electron chi connectivity index (χ3n) is 5.20. The van der Waals surface area contributed by atoms with E-state index in [0.717, 1.165) is 5.56 Å². The Labute approximate surface area is 166 Å². The summed E-state index contributed by atoms with van der Waals surface area (Å²) in [6, 6.07) is 10.1. The van der Waals surface area contributed by atoms with Crippen molar-refractivity contribution < 1.29 is 17.5 Å². The number of benzene rings is 2. The molecule has 0 spiro atoms. The Balaban J connectivity index is 1.85. The van der Waals surface area contributed by atoms with Crippen LogP contribution < -0.4 is 9.64 Å². The molecule has 2 aromatic carbocycles. The van der Waals surface area contributed by atoms with Crippen LogP contribution in [0.4, 0.5) is 10.1 Å². The van der Waals surface area contributed by atoms with Crippen LogP contribution in [0.15, 0.2) is 41.3 Å². The monoisotopic (exact) mass is 406 g/mol. The van der Waals surface area contributed by atoms with Gasteiger partial charge in [0.1, 0.15) is 11.6 Å². The van der Waals surface area contributed by atoms with Crippen LogP contribution in [0, 0.1) is 12.7 Å². The zero-order valence-electron chi connectivity index (χ0n) is 16.8. The van der Waals surface area contributed by atoms with E-state index in [4.69, 9.17) is 4.74 Å². The van der Waals surface area contributed by atoms with Gasteiger partial charge in [0.15, 0.2) is 0 Å². The SMILES string of the molecule is COc1cc(C)c(S(=O)(=O)N2CCN(c3ccccc3F)CC2)cc1C(C)C. The molecular weight excluding hydrogens is 379 g/mol. The zero-order valence-corrected chi connectivity index (χ0v) is 17.6. The van der Waals surface area contributed by atoms with Gasteiger partial charge in [0.25, 0.3) is 0 Å². The Morgan fingerprint density at radius 3 is 2.29 bits per heavy atom. The van der Waals surface area contributed by atoms with Gasteiger partial charge in [0.05, 0.1) is 17.7 Å². The lowest BCUT2D eigenvalue weighted by molar-refractivity contribution is 0.382. The summed E-state index contributed by atoms with van der Waals surface area (Å²) in [5.74, 6) is 0.560. The predicted molar refractivity (Wildman–Crippen MR) is 109 cm³/mol. The Morgan fingerprint density at radius 1 is 1.07 bits per heavy atom. The first-order valence-corrected chi connectivity index (χ1v) is 10.9. The number of nitrogens with zero attached hydrogens (tertiary/aromatic N) is 2. The van der Waals surface area contributed by atoms with E-state index in [1.54, 1.807) is 44.4 Å². The van der Waals surface area contributed by atoms with Crippen molar-refractivity contribution in [1.29, 1.82) is 0 Å². The maximum Gasteiger partial charge on any atom is 0.243 e. The highest BCUT2D eigenvalue weighted by molar-refractivity contribution is 7.89. The van der Waals surface area contributed by atoms with E-state index in [-0.39, 0.29) is 11.7 Å². The van der Waals surface area contributed by atoms with Crippen molar-refractivity contribution in [2.24, 2.45) is 0 Å². The number of ether oxygens (including phenoxy) is 1. The summed E-state index contributed by atoms with van der Waals surface area (Å²) in [4.78, 5) is 2.21. The second-order valence-corrected chi connectivity index (χ2v) is 9.26. The highest BCUT2D eigenvalue weighted by Crippen LogP contribution is 2.33. The number of piperazine rings is 1. The van der Waals surface area contributed by atoms with Gasteiger partial charge in [-0.1, -0.05) is 26.0 Å². The minimum Gasteiger partial charge on any atom is -0.496 e. The fourth-order valence-corrected chi connectivity index (χ4v) is 5.26. The smallest absolute Gasteiger partial charge is 0.243 e. The molecule has 1 heterocycles. The molecular formula is C21H27FN2O3S. The average Bonchev–Trinajstić information content (AvgIpc) is 2.67. The normalized spacial score (nSPS) is 15.9. The molecule has 0 N–H and O–H groups in total. The van der Waals surface area contributed by atoms with Crippen LogP contribution in [-0.2, 0) is 10.0 Å². The topological polar surface area (TPSA) is 49.9 Å². The molecule has 2 aromatic rings. The molecule has 1 saturated heterocycles. The summed E-state index contributed by atoms with van der Waals surface area (Å²) in [7, 11) is -2.04. The van der Waals surface area contributed by atoms with Crippen molar-refractivity contribution in [3.8, 4) is 5.75 Å². The van der Waals surface area contributed by atoms with Gasteiger partial charge in [0.2, 0.25) is 10.0 Å². The van der Waals surface area contributed by atoms with Gasteiger partial charge in [-0.25, -0.2) is 12.8 Å². The first kappa shape index (κ1) is 20.6. The van der Waals surface area contributed by atoms with E-state index in [1.165, 1.54) is 10.4 Å². The third kappa shape index (κ3) is 3.86. The number of methoxy groups -OCH3 is 1. The maximum absolute atomic E-state index is 14.0. The van der Waals surface area contributed by atoms with Crippen LogP contribution in [0.25, 0.3) is 0 Å². The van der Waals surface area contributed by atoms with Crippen LogP contribution in [0.3, 0.4) is 0 Å². The minimum atomic E-state index is -3.63. The summed E-state index contributed by atoms with van der Waals surface area (Å²) < 4.78 is 47.5. The fraction of sp³-hybridized carbons (Fsp3) is 0.429. The fourth-order valence-electron chi connectivity index (χ4n) is 3.60. The quantitative estimate of drug-likeness (QED) is 0.758. The molecule has 0 bridgehead atoms. The molecule has 1 aliphatic rings. The molecule has 0 saturated carbocycles. The van der Waals surface area contributed by atoms with E-state index in [1.807, 2.05) is 18.7 Å². The predicted octanol–water partition coefficient (Wildman–Crippen LogP) is 3.78. The third-order valence-corrected chi connectivity index (χ3v) is 7.24. The van der Waals surface area contributed by atoms with E-state index < -0.39 is 10.0 Å². The Bertz CT molecular complexity index is 952. The average molecular weight is 407 g/mol. The van der Waals surface area contributed by atoms with Crippen LogP contribution in [0.1, 0.15) is 30.9 Å². The first-order chi connectivity index (χ1) is 13.3. The van der Waals surface area contributed by atoms with Crippen LogP contribution in [0.5, 0.6) is 5.75 Å². The second-order valence-electron chi connectivity index (χ2n) is 7.36. The molecule has 7 heteroatoms. The van der Waals surface area contributed by atoms with Gasteiger partial charge in [0, 0.05) is 26.2 Å². The van der Waals surface area contributed by atoms with Gasteiger partial charge in [-0.05, 0) is 48.2 Å². The molecule has 0 radical (unpaired) electrons. The highest BCUT2D eigenvalue weighted by Gasteiger charge is 2.31. The maximum atomic E-state index is 14.0. The summed E-state index contributed by atoms with van der Waals surface area (Å²) in [6.07, 6.45) is 0. The van der Waals surface area contributed by atoms with Gasteiger partial charge >= 0.3 is 0 Å². The Kier molecular flexibility index (Phi) is 5.95. The molecule has 5 nitrogen and oxygen atoms in total. The lowest BCUT2D eigenvalue weighted by Gasteiger charge is -2.35. The molecule has 0 unspecified atom stereocenters. The largest absolute Gasteiger partial charge is 0.496 e. The molecule has 3 rings (SSSR count). The highest BCUT2D eigenvalue weighted by atomic mass is 32.2. The number of hydrogen-bond acceptors (Lipinski definition) is 4. The van der Waals surface area contributed by atoms with Crippen molar-refractivity contribution in [1.82, 2.24) is 4.31 Å². The number of aryl methyl sites for hydroxylation is 1. The van der Waals surface area contributed by atoms with Crippen molar-refractivity contribution >= 4 is 15.7 Å². The lowest BCUT2D eigenvalue weighted by Crippen LogP contribution is -2.49. The van der Waals surface area contributed by atoms with Crippen molar-refractivity contribution in [3.63, 3.8) is 0 Å². The summed E-state index contributed by atoms with van der Waals surface area (Å²) in [5.41, 5.74) is 2.05. The van der Waals surface area contributed by atoms with Gasteiger partial charge in [-0.15, -0.1) is 0 Å². The minimum absolute atomic E-state index is 0.141. The summed E-state index contributed by atoms with van der Waals surface area (Å²) >= 11 is 0. The van der Waals surface area contributed by atoms with Crippen LogP contribution in [0.2, 0.25) is 0 Å². The molecule has 152 valence electrons. The van der Waals surface area contributed by atoms with E-state index in [0.29, 0.717) is 48.1 Å². The first-order valence-electron chi connectivity index (χ1n) is 9.44. The van der Waals surface area contributed by atoms with E-state index in [2.05, 4.69) is 0 Å². The van der Waals surface area contributed by atoms with Crippen molar-refractivity contribution in [2.45, 2.75) is 31.6 Å². The van der Waals surface area contributed by atoms with E-state index >= 15 is 0 Å². The van der Waals surface area contributed by atoms with Crippen molar-refractivity contribution in [2.75, 3.05) is 38.2 Å². The molecule has 0 aliphatic carbocycles. The Morgan fingerprint density at radius 2 is 1.71 bits per heavy atom. The van der Waals surface area contributed by atoms with Crippen LogP contribution >= 0.6 is 0 Å². The lowest BCUT2D eigenvalue weighted by atomic mass is 10.0. The summed E-state index contributed by atoms with van der Waals surface area (Å²) in [5, 5.41) is 0. The van der Waals surface area contributed by atoms with Gasteiger partial charge < -0.3 is 9.64 Å². The zero-order chi connectivity index (χ0) is 20.5. The van der Waals surface area contributed by atoms with E-state index in [9.17, 15) is 12.8 Å². The number of para-hydroxylation sites is 1. The molecule has 1 aliphatic heterocycles.